The van der Waals surface area contributed by atoms with E-state index in [1.807, 2.05) is 13.8 Å². The smallest absolute Gasteiger partial charge is 0.254 e. The van der Waals surface area contributed by atoms with Crippen LogP contribution >= 0.6 is 0 Å². The summed E-state index contributed by atoms with van der Waals surface area (Å²) in [6.07, 6.45) is 2.35. The maximum Gasteiger partial charge on any atom is 0.254 e. The summed E-state index contributed by atoms with van der Waals surface area (Å²) in [6, 6.07) is 0.0387. The molecule has 1 atom stereocenters. The molecule has 1 unspecified atom stereocenters. The highest BCUT2D eigenvalue weighted by atomic mass is 16.1. The van der Waals surface area contributed by atoms with Crippen LogP contribution in [-0.2, 0) is 0 Å². The minimum Gasteiger partial charge on any atom is -0.348 e. The number of nitrogens with zero attached hydrogens (tertiary/aromatic N) is 1. The van der Waals surface area contributed by atoms with Gasteiger partial charge in [0, 0.05) is 18.3 Å². The monoisotopic (exact) mass is 196 g/mol. The number of aromatic nitrogens is 2. The van der Waals surface area contributed by atoms with Gasteiger partial charge in [-0.05, 0) is 13.3 Å². The van der Waals surface area contributed by atoms with E-state index in [0.29, 0.717) is 12.1 Å². The number of hydrogen-bond acceptors (Lipinski definition) is 3. The average molecular weight is 196 g/mol. The van der Waals surface area contributed by atoms with E-state index in [-0.39, 0.29) is 11.9 Å². The maximum absolute atomic E-state index is 11.6. The zero-order chi connectivity index (χ0) is 10.6. The van der Waals surface area contributed by atoms with Crippen molar-refractivity contribution >= 4 is 5.91 Å². The third-order valence-electron chi connectivity index (χ3n) is 2.19. The van der Waals surface area contributed by atoms with Crippen LogP contribution in [0.1, 0.15) is 29.4 Å². The van der Waals surface area contributed by atoms with Crippen LogP contribution in [0.4, 0.5) is 0 Å². The Morgan fingerprint density at radius 3 is 2.93 bits per heavy atom. The quantitative estimate of drug-likeness (QED) is 0.642. The van der Waals surface area contributed by atoms with E-state index in [1.54, 1.807) is 0 Å². The summed E-state index contributed by atoms with van der Waals surface area (Å²) in [4.78, 5) is 11.6. The van der Waals surface area contributed by atoms with Crippen LogP contribution < -0.4 is 11.1 Å². The lowest BCUT2D eigenvalue weighted by Gasteiger charge is -2.13. The van der Waals surface area contributed by atoms with Crippen molar-refractivity contribution in [1.29, 1.82) is 0 Å². The fraction of sp³-hybridized carbons (Fsp3) is 0.556. The summed E-state index contributed by atoms with van der Waals surface area (Å²) in [5.41, 5.74) is 6.84. The predicted octanol–water partition coefficient (Wildman–Crippen LogP) is 0.185. The maximum atomic E-state index is 11.6. The van der Waals surface area contributed by atoms with Gasteiger partial charge >= 0.3 is 0 Å². The Balaban J connectivity index is 2.63. The zero-order valence-corrected chi connectivity index (χ0v) is 8.50. The third-order valence-corrected chi connectivity index (χ3v) is 2.19. The fourth-order valence-corrected chi connectivity index (χ4v) is 1.17. The number of nitrogens with one attached hydrogen (secondary N) is 2. The molecular weight excluding hydrogens is 180 g/mol. The Morgan fingerprint density at radius 1 is 1.79 bits per heavy atom. The van der Waals surface area contributed by atoms with Gasteiger partial charge in [-0.15, -0.1) is 0 Å². The summed E-state index contributed by atoms with van der Waals surface area (Å²) < 4.78 is 0. The molecule has 1 amide bonds. The normalized spacial score (nSPS) is 12.5. The van der Waals surface area contributed by atoms with Crippen molar-refractivity contribution in [3.05, 3.63) is 17.5 Å². The lowest BCUT2D eigenvalue weighted by Crippen LogP contribution is -2.39. The van der Waals surface area contributed by atoms with Gasteiger partial charge in [-0.1, -0.05) is 6.92 Å². The first-order valence-corrected chi connectivity index (χ1v) is 4.70. The molecule has 0 spiro atoms. The molecule has 5 heteroatoms. The first-order valence-electron chi connectivity index (χ1n) is 4.70. The van der Waals surface area contributed by atoms with Crippen LogP contribution in [0.15, 0.2) is 6.20 Å². The molecule has 0 radical (unpaired) electrons. The van der Waals surface area contributed by atoms with Gasteiger partial charge in [0.05, 0.1) is 11.8 Å². The summed E-state index contributed by atoms with van der Waals surface area (Å²) in [7, 11) is 0. The summed E-state index contributed by atoms with van der Waals surface area (Å²) in [5, 5.41) is 9.34. The summed E-state index contributed by atoms with van der Waals surface area (Å²) in [5.74, 6) is -0.117. The number of rotatable bonds is 4. The van der Waals surface area contributed by atoms with Crippen molar-refractivity contribution in [1.82, 2.24) is 15.5 Å². The molecule has 0 saturated carbocycles. The lowest BCUT2D eigenvalue weighted by molar-refractivity contribution is 0.0936. The number of aromatic amines is 1. The van der Waals surface area contributed by atoms with Crippen LogP contribution in [-0.4, -0.2) is 28.7 Å². The Hall–Kier alpha value is -1.36. The topological polar surface area (TPSA) is 83.8 Å². The second-order valence-electron chi connectivity index (χ2n) is 3.22. The van der Waals surface area contributed by atoms with Crippen LogP contribution in [0, 0.1) is 6.92 Å². The van der Waals surface area contributed by atoms with Crippen LogP contribution in [0.2, 0.25) is 0 Å². The Morgan fingerprint density at radius 2 is 2.50 bits per heavy atom. The number of nitrogens with two attached hydrogens (primary N) is 1. The van der Waals surface area contributed by atoms with Crippen molar-refractivity contribution in [2.75, 3.05) is 6.54 Å². The molecule has 0 fully saturated rings. The van der Waals surface area contributed by atoms with Crippen molar-refractivity contribution in [2.45, 2.75) is 26.3 Å². The van der Waals surface area contributed by atoms with Gasteiger partial charge in [-0.2, -0.15) is 5.10 Å². The molecule has 1 aromatic heterocycles. The number of hydrogen-bond donors (Lipinski definition) is 3. The predicted molar refractivity (Wildman–Crippen MR) is 53.9 cm³/mol. The van der Waals surface area contributed by atoms with E-state index in [0.717, 1.165) is 12.1 Å². The summed E-state index contributed by atoms with van der Waals surface area (Å²) in [6.45, 7) is 4.25. The molecule has 5 nitrogen and oxygen atoms in total. The minimum absolute atomic E-state index is 0.0387. The highest BCUT2D eigenvalue weighted by molar-refractivity contribution is 5.95. The largest absolute Gasteiger partial charge is 0.348 e. The molecule has 1 aromatic rings. The van der Waals surface area contributed by atoms with E-state index in [9.17, 15) is 4.79 Å². The average Bonchev–Trinajstić information content (AvgIpc) is 2.60. The molecule has 14 heavy (non-hydrogen) atoms. The molecule has 4 N–H and O–H groups in total. The van der Waals surface area contributed by atoms with E-state index in [1.165, 1.54) is 6.20 Å². The van der Waals surface area contributed by atoms with Gasteiger partial charge < -0.3 is 11.1 Å². The molecule has 0 aliphatic heterocycles. The fourth-order valence-electron chi connectivity index (χ4n) is 1.17. The standard InChI is InChI=1S/C9H16N4O/c1-3-7(4-10)12-9(14)8-5-11-13-6(8)2/h5,7H,3-4,10H2,1-2H3,(H,11,13)(H,12,14). The third kappa shape index (κ3) is 2.32. The second-order valence-corrected chi connectivity index (χ2v) is 3.22. The molecule has 1 rings (SSSR count). The number of carbonyl (C=O) groups excluding carboxylic acids is 1. The number of H-pyrrole nitrogens is 1. The first-order chi connectivity index (χ1) is 6.69. The molecule has 0 saturated heterocycles. The van der Waals surface area contributed by atoms with Crippen molar-refractivity contribution in [2.24, 2.45) is 5.73 Å². The molecule has 1 heterocycles. The Bertz CT molecular complexity index is 304. The Kier molecular flexibility index (Phi) is 3.64. The van der Waals surface area contributed by atoms with Gasteiger partial charge in [0.1, 0.15) is 0 Å². The van der Waals surface area contributed by atoms with E-state index in [4.69, 9.17) is 5.73 Å². The number of amides is 1. The Labute approximate surface area is 83.1 Å². The number of aryl methyl sites for hydroxylation is 1. The molecule has 0 aliphatic carbocycles. The lowest BCUT2D eigenvalue weighted by atomic mass is 10.2. The van der Waals surface area contributed by atoms with Gasteiger partial charge in [0.15, 0.2) is 0 Å². The van der Waals surface area contributed by atoms with Crippen LogP contribution in [0.5, 0.6) is 0 Å². The SMILES string of the molecule is CCC(CN)NC(=O)c1cn[nH]c1C. The molecule has 0 bridgehead atoms. The second kappa shape index (κ2) is 4.76. The van der Waals surface area contributed by atoms with Gasteiger partial charge in [-0.3, -0.25) is 9.89 Å². The van der Waals surface area contributed by atoms with Crippen molar-refractivity contribution in [3.63, 3.8) is 0 Å². The van der Waals surface area contributed by atoms with E-state index < -0.39 is 0 Å². The highest BCUT2D eigenvalue weighted by Crippen LogP contribution is 2.02. The molecular formula is C9H16N4O. The van der Waals surface area contributed by atoms with Gasteiger partial charge in [0.2, 0.25) is 0 Å². The van der Waals surface area contributed by atoms with Gasteiger partial charge in [-0.25, -0.2) is 0 Å². The van der Waals surface area contributed by atoms with Gasteiger partial charge in [0.25, 0.3) is 5.91 Å². The van der Waals surface area contributed by atoms with E-state index in [2.05, 4.69) is 15.5 Å². The van der Waals surface area contributed by atoms with E-state index >= 15 is 0 Å². The first kappa shape index (κ1) is 10.7. The van der Waals surface area contributed by atoms with Crippen LogP contribution in [0.25, 0.3) is 0 Å². The number of carbonyl (C=O) groups is 1. The summed E-state index contributed by atoms with van der Waals surface area (Å²) >= 11 is 0. The molecule has 0 aliphatic rings. The minimum atomic E-state index is -0.117. The van der Waals surface area contributed by atoms with Crippen molar-refractivity contribution < 1.29 is 4.79 Å². The highest BCUT2D eigenvalue weighted by Gasteiger charge is 2.13. The molecule has 0 aromatic carbocycles. The molecule has 78 valence electrons. The van der Waals surface area contributed by atoms with Crippen molar-refractivity contribution in [3.8, 4) is 0 Å². The zero-order valence-electron chi connectivity index (χ0n) is 8.50. The van der Waals surface area contributed by atoms with Crippen LogP contribution in [0.3, 0.4) is 0 Å².